The molecule has 0 N–H and O–H groups in total. The van der Waals surface area contributed by atoms with Gasteiger partial charge in [-0.1, -0.05) is 39.5 Å². The average Bonchev–Trinajstić information content (AvgIpc) is 2.38. The Morgan fingerprint density at radius 3 is 2.47 bits per heavy atom. The van der Waals surface area contributed by atoms with Crippen LogP contribution in [0.1, 0.15) is 69.7 Å². The molecule has 1 atom stereocenters. The second kappa shape index (κ2) is 7.78. The molecule has 1 aromatic heterocycles. The van der Waals surface area contributed by atoms with Crippen LogP contribution in [0.4, 0.5) is 0 Å². The van der Waals surface area contributed by atoms with E-state index in [9.17, 15) is 0 Å². The molecule has 1 unspecified atom stereocenters. The molecule has 0 saturated heterocycles. The molecule has 3 heteroatoms. The van der Waals surface area contributed by atoms with Crippen LogP contribution in [-0.4, -0.2) is 9.97 Å². The summed E-state index contributed by atoms with van der Waals surface area (Å²) in [5, 5.41) is 8.69. The number of aromatic nitrogens is 2. The fourth-order valence-electron chi connectivity index (χ4n) is 2.04. The highest BCUT2D eigenvalue weighted by molar-refractivity contribution is 5.17. The third-order valence-corrected chi connectivity index (χ3v) is 3.00. The molecule has 0 aliphatic heterocycles. The zero-order chi connectivity index (χ0) is 12.5. The lowest BCUT2D eigenvalue weighted by molar-refractivity contribution is 0.517. The summed E-state index contributed by atoms with van der Waals surface area (Å²) in [7, 11) is 0. The molecule has 3 nitrogen and oxygen atoms in total. The Morgan fingerprint density at radius 1 is 1.12 bits per heavy atom. The number of nitrogens with zero attached hydrogens (tertiary/aromatic N) is 3. The first-order chi connectivity index (χ1) is 8.31. The second-order valence-corrected chi connectivity index (χ2v) is 4.42. The molecule has 1 heterocycles. The normalized spacial score (nSPS) is 12.1. The maximum Gasteiger partial charge on any atom is 0.158 e. The smallest absolute Gasteiger partial charge is 0.158 e. The molecule has 0 aliphatic rings. The first kappa shape index (κ1) is 13.6. The van der Waals surface area contributed by atoms with Gasteiger partial charge in [-0.15, -0.1) is 0 Å². The second-order valence-electron chi connectivity index (χ2n) is 4.42. The number of unbranched alkanes of at least 4 members (excludes halogenated alkanes) is 2. The van der Waals surface area contributed by atoms with Crippen molar-refractivity contribution < 1.29 is 0 Å². The van der Waals surface area contributed by atoms with E-state index in [0.717, 1.165) is 12.1 Å². The average molecular weight is 231 g/mol. The molecule has 1 aromatic rings. The van der Waals surface area contributed by atoms with Crippen molar-refractivity contribution in [3.8, 4) is 6.07 Å². The number of rotatable bonds is 7. The maximum atomic E-state index is 8.69. The van der Waals surface area contributed by atoms with E-state index in [0.29, 0.717) is 11.6 Å². The maximum absolute atomic E-state index is 8.69. The SMILES string of the molecule is CCCCCC(CCC)c1cnc(C#N)cn1. The van der Waals surface area contributed by atoms with Crippen LogP contribution < -0.4 is 0 Å². The van der Waals surface area contributed by atoms with Crippen LogP contribution in [-0.2, 0) is 0 Å². The summed E-state index contributed by atoms with van der Waals surface area (Å²) in [5.74, 6) is 0.506. The summed E-state index contributed by atoms with van der Waals surface area (Å²) in [6, 6.07) is 2.00. The topological polar surface area (TPSA) is 49.6 Å². The molecule has 0 fully saturated rings. The van der Waals surface area contributed by atoms with E-state index in [-0.39, 0.29) is 0 Å². The summed E-state index contributed by atoms with van der Waals surface area (Å²) < 4.78 is 0. The van der Waals surface area contributed by atoms with Crippen molar-refractivity contribution in [1.82, 2.24) is 9.97 Å². The highest BCUT2D eigenvalue weighted by Gasteiger charge is 2.12. The van der Waals surface area contributed by atoms with Crippen LogP contribution in [0.15, 0.2) is 12.4 Å². The van der Waals surface area contributed by atoms with E-state index in [1.165, 1.54) is 32.1 Å². The van der Waals surface area contributed by atoms with Crippen molar-refractivity contribution >= 4 is 0 Å². The minimum absolute atomic E-state index is 0.401. The summed E-state index contributed by atoms with van der Waals surface area (Å²) in [6.45, 7) is 4.42. The van der Waals surface area contributed by atoms with Crippen LogP contribution in [0.2, 0.25) is 0 Å². The van der Waals surface area contributed by atoms with E-state index in [1.807, 2.05) is 6.07 Å². The Labute approximate surface area is 104 Å². The molecule has 0 bridgehead atoms. The van der Waals surface area contributed by atoms with Gasteiger partial charge in [0.15, 0.2) is 5.69 Å². The van der Waals surface area contributed by atoms with E-state index in [2.05, 4.69) is 23.8 Å². The van der Waals surface area contributed by atoms with Gasteiger partial charge in [-0.2, -0.15) is 5.26 Å². The fraction of sp³-hybridized carbons (Fsp3) is 0.643. The minimum atomic E-state index is 0.401. The van der Waals surface area contributed by atoms with Crippen molar-refractivity contribution in [3.63, 3.8) is 0 Å². The van der Waals surface area contributed by atoms with Crippen molar-refractivity contribution in [2.24, 2.45) is 0 Å². The quantitative estimate of drug-likeness (QED) is 0.670. The van der Waals surface area contributed by atoms with Gasteiger partial charge in [0.25, 0.3) is 0 Å². The predicted octanol–water partition coefficient (Wildman–Crippen LogP) is 3.81. The van der Waals surface area contributed by atoms with Crippen LogP contribution in [0, 0.1) is 11.3 Å². The Hall–Kier alpha value is -1.43. The summed E-state index contributed by atoms with van der Waals surface area (Å²) in [4.78, 5) is 8.47. The highest BCUT2D eigenvalue weighted by Crippen LogP contribution is 2.25. The van der Waals surface area contributed by atoms with Crippen molar-refractivity contribution in [3.05, 3.63) is 23.8 Å². The molecule has 0 saturated carbocycles. The van der Waals surface area contributed by atoms with Gasteiger partial charge in [0.05, 0.1) is 18.1 Å². The van der Waals surface area contributed by atoms with Crippen molar-refractivity contribution in [2.45, 2.75) is 58.3 Å². The Bertz CT molecular complexity index is 351. The van der Waals surface area contributed by atoms with Gasteiger partial charge in [-0.3, -0.25) is 4.98 Å². The first-order valence-electron chi connectivity index (χ1n) is 6.53. The largest absolute Gasteiger partial charge is 0.256 e. The van der Waals surface area contributed by atoms with Crippen LogP contribution >= 0.6 is 0 Å². The van der Waals surface area contributed by atoms with Crippen LogP contribution in [0.5, 0.6) is 0 Å². The highest BCUT2D eigenvalue weighted by atomic mass is 14.8. The predicted molar refractivity (Wildman–Crippen MR) is 68.5 cm³/mol. The van der Waals surface area contributed by atoms with Gasteiger partial charge in [0.1, 0.15) is 6.07 Å². The lowest BCUT2D eigenvalue weighted by Crippen LogP contribution is -2.03. The summed E-state index contributed by atoms with van der Waals surface area (Å²) in [5.41, 5.74) is 1.44. The molecule has 0 amide bonds. The molecule has 17 heavy (non-hydrogen) atoms. The monoisotopic (exact) mass is 231 g/mol. The number of hydrogen-bond donors (Lipinski definition) is 0. The van der Waals surface area contributed by atoms with Gasteiger partial charge < -0.3 is 0 Å². The lowest BCUT2D eigenvalue weighted by atomic mass is 9.93. The number of hydrogen-bond acceptors (Lipinski definition) is 3. The van der Waals surface area contributed by atoms with Gasteiger partial charge in [-0.05, 0) is 12.8 Å². The molecular weight excluding hydrogens is 210 g/mol. The fourth-order valence-corrected chi connectivity index (χ4v) is 2.04. The van der Waals surface area contributed by atoms with E-state index in [4.69, 9.17) is 5.26 Å². The van der Waals surface area contributed by atoms with E-state index in [1.54, 1.807) is 12.4 Å². The van der Waals surface area contributed by atoms with Crippen molar-refractivity contribution in [1.29, 1.82) is 5.26 Å². The van der Waals surface area contributed by atoms with Crippen molar-refractivity contribution in [2.75, 3.05) is 0 Å². The van der Waals surface area contributed by atoms with Gasteiger partial charge >= 0.3 is 0 Å². The minimum Gasteiger partial charge on any atom is -0.256 e. The third kappa shape index (κ3) is 4.52. The molecular formula is C14H21N3. The molecule has 1 rings (SSSR count). The molecule has 0 aromatic carbocycles. The van der Waals surface area contributed by atoms with E-state index < -0.39 is 0 Å². The summed E-state index contributed by atoms with van der Waals surface area (Å²) in [6.07, 6.45) is 10.6. The summed E-state index contributed by atoms with van der Waals surface area (Å²) >= 11 is 0. The van der Waals surface area contributed by atoms with Crippen LogP contribution in [0.3, 0.4) is 0 Å². The van der Waals surface area contributed by atoms with Crippen LogP contribution in [0.25, 0.3) is 0 Å². The third-order valence-electron chi connectivity index (χ3n) is 3.00. The van der Waals surface area contributed by atoms with E-state index >= 15 is 0 Å². The molecule has 0 spiro atoms. The first-order valence-corrected chi connectivity index (χ1v) is 6.53. The zero-order valence-electron chi connectivity index (χ0n) is 10.8. The molecule has 0 aliphatic carbocycles. The Kier molecular flexibility index (Phi) is 6.24. The lowest BCUT2D eigenvalue weighted by Gasteiger charge is -2.14. The molecule has 0 radical (unpaired) electrons. The zero-order valence-corrected chi connectivity index (χ0v) is 10.8. The standard InChI is InChI=1S/C14H21N3/c1-3-5-6-8-12(7-4-2)14-11-16-13(9-15)10-17-14/h10-12H,3-8H2,1-2H3. The van der Waals surface area contributed by atoms with Gasteiger partial charge in [0, 0.05) is 5.92 Å². The molecule has 92 valence electrons. The van der Waals surface area contributed by atoms with Gasteiger partial charge in [0.2, 0.25) is 0 Å². The Morgan fingerprint density at radius 2 is 1.94 bits per heavy atom. The number of nitriles is 1. The van der Waals surface area contributed by atoms with Gasteiger partial charge in [-0.25, -0.2) is 4.98 Å². The Balaban J connectivity index is 2.64.